The molecule has 0 fully saturated rings. The van der Waals surface area contributed by atoms with E-state index in [2.05, 4.69) is 39.9 Å². The van der Waals surface area contributed by atoms with Crippen molar-refractivity contribution in [2.75, 3.05) is 0 Å². The molecule has 0 unspecified atom stereocenters. The Labute approximate surface area is 566 Å². The highest BCUT2D eigenvalue weighted by Crippen LogP contribution is 2.50. The summed E-state index contributed by atoms with van der Waals surface area (Å²) in [5.74, 6) is -4.06. The van der Waals surface area contributed by atoms with Gasteiger partial charge in [0.05, 0.1) is 44.5 Å². The molecule has 2 N–H and O–H groups in total. The molecule has 0 spiro atoms. The molecule has 8 bridgehead atoms. The topological polar surface area (TPSA) is 109 Å². The Bertz CT molecular complexity index is 4860. The summed E-state index contributed by atoms with van der Waals surface area (Å²) < 4.78 is 361. The van der Waals surface area contributed by atoms with Crippen LogP contribution in [0.4, 0.5) is 105 Å². The van der Waals surface area contributed by atoms with E-state index in [0.717, 1.165) is 97.1 Å². The maximum Gasteiger partial charge on any atom is 0.416 e. The summed E-state index contributed by atoms with van der Waals surface area (Å²) in [6.07, 6.45) is -42.2. The molecule has 2 aliphatic rings. The van der Waals surface area contributed by atoms with Gasteiger partial charge in [-0.1, -0.05) is 97.1 Å². The highest BCUT2D eigenvalue weighted by atomic mass is 19.4. The van der Waals surface area contributed by atoms with Crippen molar-refractivity contribution in [2.24, 2.45) is 0 Å². The summed E-state index contributed by atoms with van der Waals surface area (Å²) in [6, 6.07) is 21.7. The SMILES string of the molecule is FC(F)(F)c1cccc(C2=C(c3cccc(C(F)(F)F)c3)c3nc2nc2[nH]c(nc4nc(nc5[nH]c(n3)c(-c3cccc(C(F)(F)F)c3)c5-c3cccc(C(F)(F)F)c3)C(c3cccc(C(F)(F)F)c3)=C4c3cccc(C(F)(F)F)c3)c(-c3cccc(C(F)(F)F)c3)c2-c2cccc(C(F)(F)F)c2)c1. The molecule has 11 aromatic rings. The standard InChI is InChI=1S/C72H34F24N8/c73-65(74,75)41-17-1-9-33(25-41)49-50(34-10-2-18-42(26-34)66(76,77)78)58-97-57(49)101-59-51(35-11-3-19-43(27-35)67(79,80)81)52(36-12-4-20-44(28-36)68(82,83)84)61(98-59)103-63-55(39-15-7-23-47(31-39)71(91,92)93)56(40-16-8-24-48(32-40)72(94,95)96)64(100-63)104-62-54(38-14-6-22-46(30-38)70(88,89)90)53(60(99-62)102-58)37-13-5-21-45(29-37)69(85,86)87/h1-32H,(H2,97,98,99,100,101,102,103,104). The van der Waals surface area contributed by atoms with Gasteiger partial charge >= 0.3 is 49.4 Å². The Morgan fingerprint density at radius 1 is 0.183 bits per heavy atom. The van der Waals surface area contributed by atoms with Gasteiger partial charge in [-0.3, -0.25) is 0 Å². The zero-order chi connectivity index (χ0) is 74.8. The minimum Gasteiger partial charge on any atom is -0.324 e. The second-order valence-electron chi connectivity index (χ2n) is 23.2. The molecule has 8 nitrogen and oxygen atoms in total. The monoisotopic (exact) mass is 1470 g/mol. The fraction of sp³-hybridized carbons (Fsp3) is 0.111. The predicted octanol–water partition coefficient (Wildman–Crippen LogP) is 22.7. The molecule has 8 aromatic carbocycles. The molecule has 13 rings (SSSR count). The molecule has 0 atom stereocenters. The van der Waals surface area contributed by atoms with Crippen molar-refractivity contribution in [1.29, 1.82) is 0 Å². The van der Waals surface area contributed by atoms with Crippen LogP contribution in [-0.2, 0) is 49.4 Å². The Morgan fingerprint density at radius 3 is 0.481 bits per heavy atom. The Morgan fingerprint density at radius 2 is 0.327 bits per heavy atom. The fourth-order valence-corrected chi connectivity index (χ4v) is 11.9. The molecule has 0 saturated carbocycles. The summed E-state index contributed by atoms with van der Waals surface area (Å²) >= 11 is 0. The van der Waals surface area contributed by atoms with E-state index in [1.165, 1.54) is 0 Å². The first-order valence-corrected chi connectivity index (χ1v) is 29.8. The number of hydrogen-bond acceptors (Lipinski definition) is 6. The lowest BCUT2D eigenvalue weighted by atomic mass is 9.93. The second kappa shape index (κ2) is 25.1. The van der Waals surface area contributed by atoms with Crippen molar-refractivity contribution >= 4 is 44.9 Å². The largest absolute Gasteiger partial charge is 0.416 e. The van der Waals surface area contributed by atoms with Crippen molar-refractivity contribution in [3.8, 4) is 44.5 Å². The first-order chi connectivity index (χ1) is 48.6. The minimum atomic E-state index is -5.28. The van der Waals surface area contributed by atoms with E-state index in [0.29, 0.717) is 97.1 Å². The van der Waals surface area contributed by atoms with Crippen molar-refractivity contribution in [3.63, 3.8) is 0 Å². The maximum atomic E-state index is 15.0. The van der Waals surface area contributed by atoms with Gasteiger partial charge in [-0.05, 0) is 142 Å². The van der Waals surface area contributed by atoms with Gasteiger partial charge in [-0.25, -0.2) is 29.9 Å². The van der Waals surface area contributed by atoms with Crippen LogP contribution in [0.15, 0.2) is 194 Å². The molecule has 104 heavy (non-hydrogen) atoms. The number of fused-ring (bicyclic) bond motifs is 8. The molecule has 5 heterocycles. The van der Waals surface area contributed by atoms with Crippen LogP contribution in [-0.4, -0.2) is 39.9 Å². The van der Waals surface area contributed by atoms with Gasteiger partial charge in [0.1, 0.15) is 22.6 Å². The van der Waals surface area contributed by atoms with Gasteiger partial charge in [-0.15, -0.1) is 0 Å². The highest BCUT2D eigenvalue weighted by molar-refractivity contribution is 6.09. The Balaban J connectivity index is 1.36. The lowest BCUT2D eigenvalue weighted by molar-refractivity contribution is -0.138. The zero-order valence-electron chi connectivity index (χ0n) is 51.2. The van der Waals surface area contributed by atoms with Crippen LogP contribution in [0, 0.1) is 0 Å². The summed E-state index contributed by atoms with van der Waals surface area (Å²) in [5, 5.41) is 0. The highest BCUT2D eigenvalue weighted by Gasteiger charge is 2.41. The Hall–Kier alpha value is -11.6. The molecule has 3 aromatic heterocycles. The van der Waals surface area contributed by atoms with E-state index in [9.17, 15) is 0 Å². The predicted molar refractivity (Wildman–Crippen MR) is 330 cm³/mol. The zero-order valence-corrected chi connectivity index (χ0v) is 51.2. The van der Waals surface area contributed by atoms with E-state index in [1.54, 1.807) is 0 Å². The first-order valence-electron chi connectivity index (χ1n) is 29.8. The summed E-state index contributed by atoms with van der Waals surface area (Å²) in [4.78, 5) is 33.0. The van der Waals surface area contributed by atoms with Gasteiger partial charge in [-0.2, -0.15) is 105 Å². The molecule has 530 valence electrons. The third kappa shape index (κ3) is 13.9. The molecular formula is C72H34F24N8. The number of nitrogens with zero attached hydrogens (tertiary/aromatic N) is 6. The third-order valence-corrected chi connectivity index (χ3v) is 16.4. The molecule has 2 aliphatic heterocycles. The number of halogens is 24. The number of aromatic amines is 2. The van der Waals surface area contributed by atoms with Gasteiger partial charge < -0.3 is 9.97 Å². The van der Waals surface area contributed by atoms with Gasteiger partial charge in [0, 0.05) is 44.5 Å². The van der Waals surface area contributed by atoms with Crippen molar-refractivity contribution < 1.29 is 105 Å². The van der Waals surface area contributed by atoms with Crippen LogP contribution < -0.4 is 0 Å². The van der Waals surface area contributed by atoms with Crippen LogP contribution in [0.2, 0.25) is 0 Å². The van der Waals surface area contributed by atoms with Crippen molar-refractivity contribution in [1.82, 2.24) is 39.9 Å². The molecule has 0 saturated heterocycles. The second-order valence-corrected chi connectivity index (χ2v) is 23.2. The van der Waals surface area contributed by atoms with E-state index < -0.39 is 229 Å². The van der Waals surface area contributed by atoms with Gasteiger partial charge in [0.2, 0.25) is 0 Å². The van der Waals surface area contributed by atoms with E-state index in [1.807, 2.05) is 0 Å². The van der Waals surface area contributed by atoms with Crippen LogP contribution in [0.5, 0.6) is 0 Å². The van der Waals surface area contributed by atoms with Crippen LogP contribution in [0.25, 0.3) is 89.4 Å². The molecule has 0 aliphatic carbocycles. The number of rotatable bonds is 8. The minimum absolute atomic E-state index is 0.428. The van der Waals surface area contributed by atoms with E-state index in [-0.39, 0.29) is 0 Å². The Kier molecular flexibility index (Phi) is 17.1. The average molecular weight is 1470 g/mol. The van der Waals surface area contributed by atoms with Gasteiger partial charge in [0.25, 0.3) is 0 Å². The quantitative estimate of drug-likeness (QED) is 0.147. The normalized spacial score (nSPS) is 13.7. The van der Waals surface area contributed by atoms with Crippen molar-refractivity contribution in [3.05, 3.63) is 284 Å². The third-order valence-electron chi connectivity index (χ3n) is 16.4. The smallest absolute Gasteiger partial charge is 0.324 e. The van der Waals surface area contributed by atoms with Gasteiger partial charge in [0.15, 0.2) is 23.3 Å². The van der Waals surface area contributed by atoms with Crippen LogP contribution in [0.1, 0.15) is 90.1 Å². The number of hydrogen-bond donors (Lipinski definition) is 2. The lowest BCUT2D eigenvalue weighted by Crippen LogP contribution is -2.06. The summed E-state index contributed by atoms with van der Waals surface area (Å²) in [5.41, 5.74) is -27.1. The first kappa shape index (κ1) is 70.8. The number of benzene rings is 8. The van der Waals surface area contributed by atoms with E-state index in [4.69, 9.17) is 0 Å². The lowest BCUT2D eigenvalue weighted by Gasteiger charge is -2.14. The maximum absolute atomic E-state index is 15.0. The van der Waals surface area contributed by atoms with Crippen LogP contribution in [0.3, 0.4) is 0 Å². The van der Waals surface area contributed by atoms with Crippen molar-refractivity contribution in [2.45, 2.75) is 49.4 Å². The number of alkyl halides is 24. The summed E-state index contributed by atoms with van der Waals surface area (Å²) in [7, 11) is 0. The summed E-state index contributed by atoms with van der Waals surface area (Å²) in [6.45, 7) is 0. The number of nitrogens with one attached hydrogen (secondary N) is 2. The molecular weight excluding hydrogens is 1430 g/mol. The molecule has 32 heteroatoms. The number of H-pyrrole nitrogens is 2. The number of aromatic nitrogens is 8. The van der Waals surface area contributed by atoms with E-state index >= 15 is 105 Å². The fourth-order valence-electron chi connectivity index (χ4n) is 11.9. The average Bonchev–Trinajstić information content (AvgIpc) is 1.58. The molecule has 0 radical (unpaired) electrons. The molecule has 0 amide bonds. The van der Waals surface area contributed by atoms with Crippen LogP contribution >= 0.6 is 0 Å².